The molecule has 0 heterocycles. The zero-order valence-corrected chi connectivity index (χ0v) is 13.0. The second-order valence-corrected chi connectivity index (χ2v) is 6.17. The Bertz CT molecular complexity index is 468. The van der Waals surface area contributed by atoms with Crippen LogP contribution in [0, 0.1) is 0 Å². The van der Waals surface area contributed by atoms with Gasteiger partial charge in [-0.3, -0.25) is 0 Å². The van der Waals surface area contributed by atoms with E-state index in [-0.39, 0.29) is 5.48 Å². The highest BCUT2D eigenvalue weighted by molar-refractivity contribution is 7.41. The number of rotatable bonds is 5. The van der Waals surface area contributed by atoms with Gasteiger partial charge in [0.05, 0.1) is 21.3 Å². The highest BCUT2D eigenvalue weighted by Gasteiger charge is 2.16. The molecule has 0 aromatic heterocycles. The summed E-state index contributed by atoms with van der Waals surface area (Å²) in [7, 11) is 5.53. The van der Waals surface area contributed by atoms with Gasteiger partial charge >= 0.3 is 0 Å². The van der Waals surface area contributed by atoms with E-state index in [1.165, 1.54) is 12.8 Å². The maximum Gasteiger partial charge on any atom is 0.132 e. The second-order valence-electron chi connectivity index (χ2n) is 4.78. The van der Waals surface area contributed by atoms with Gasteiger partial charge in [-0.2, -0.15) is 0 Å². The maximum atomic E-state index is 12.5. The summed E-state index contributed by atoms with van der Waals surface area (Å²) in [6.45, 7) is 0. The van der Waals surface area contributed by atoms with Crippen LogP contribution in [0.25, 0.3) is 0 Å². The van der Waals surface area contributed by atoms with Crippen molar-refractivity contribution in [1.29, 1.82) is 0 Å². The number of methoxy groups -OCH3 is 3. The van der Waals surface area contributed by atoms with Gasteiger partial charge in [-0.15, -0.1) is 13.7 Å². The first-order valence-corrected chi connectivity index (χ1v) is 7.71. The Labute approximate surface area is 121 Å². The Kier molecular flexibility index (Phi) is 5.27. The van der Waals surface area contributed by atoms with E-state index >= 15 is 0 Å². The fraction of sp³-hybridized carbons (Fsp3) is 0.533. The van der Waals surface area contributed by atoms with E-state index in [9.17, 15) is 5.11 Å². The molecule has 5 heteroatoms. The van der Waals surface area contributed by atoms with Gasteiger partial charge < -0.3 is 19.3 Å². The van der Waals surface area contributed by atoms with Gasteiger partial charge in [-0.1, -0.05) is 12.8 Å². The molecule has 20 heavy (non-hydrogen) atoms. The molecule has 1 aliphatic carbocycles. The monoisotopic (exact) mass is 295 g/mol. The summed E-state index contributed by atoms with van der Waals surface area (Å²) in [5.41, 5.74) is 1.05. The van der Waals surface area contributed by atoms with Crippen LogP contribution in [0.5, 0.6) is 17.2 Å². The van der Waals surface area contributed by atoms with E-state index in [0.717, 1.165) is 21.0 Å². The molecule has 0 atom stereocenters. The maximum absolute atomic E-state index is 12.5. The van der Waals surface area contributed by atoms with Crippen molar-refractivity contribution in [1.82, 2.24) is 0 Å². The van der Waals surface area contributed by atoms with Crippen LogP contribution >= 0.6 is 8.20 Å². The minimum Gasteiger partial charge on any atom is -0.823 e. The third kappa shape index (κ3) is 3.25. The molecule has 1 aromatic rings. The SMILES string of the molecule is COc1cc(OC)c(C([O-])=PC2CCCC2)c(OC)c1. The average molecular weight is 295 g/mol. The summed E-state index contributed by atoms with van der Waals surface area (Å²) in [5, 5.41) is 12.5. The fourth-order valence-electron chi connectivity index (χ4n) is 2.48. The molecule has 1 aromatic carbocycles. The van der Waals surface area contributed by atoms with Crippen LogP contribution in [0.2, 0.25) is 0 Å². The van der Waals surface area contributed by atoms with Crippen molar-refractivity contribution in [3.8, 4) is 17.2 Å². The van der Waals surface area contributed by atoms with Gasteiger partial charge in [-0.25, -0.2) is 0 Å². The third-order valence-electron chi connectivity index (χ3n) is 3.55. The molecule has 0 saturated heterocycles. The third-order valence-corrected chi connectivity index (χ3v) is 4.89. The first kappa shape index (κ1) is 15.1. The van der Waals surface area contributed by atoms with Crippen LogP contribution in [0.15, 0.2) is 12.1 Å². The average Bonchev–Trinajstić information content (AvgIpc) is 2.98. The van der Waals surface area contributed by atoms with Crippen molar-refractivity contribution in [2.75, 3.05) is 21.3 Å². The van der Waals surface area contributed by atoms with Crippen LogP contribution in [0.4, 0.5) is 0 Å². The topological polar surface area (TPSA) is 50.8 Å². The minimum absolute atomic E-state index is 0.0632. The zero-order valence-electron chi connectivity index (χ0n) is 12.1. The molecule has 1 aliphatic rings. The number of hydrogen-bond donors (Lipinski definition) is 0. The number of benzene rings is 1. The highest BCUT2D eigenvalue weighted by atomic mass is 31.1. The van der Waals surface area contributed by atoms with Crippen molar-refractivity contribution >= 4 is 13.7 Å². The van der Waals surface area contributed by atoms with Gasteiger partial charge in [0.2, 0.25) is 0 Å². The quantitative estimate of drug-likeness (QED) is 0.783. The smallest absolute Gasteiger partial charge is 0.132 e. The van der Waals surface area contributed by atoms with E-state index in [1.807, 2.05) is 0 Å². The molecule has 0 bridgehead atoms. The Balaban J connectivity index is 2.42. The Morgan fingerprint density at radius 3 is 2.05 bits per heavy atom. The summed E-state index contributed by atoms with van der Waals surface area (Å²) in [4.78, 5) is 0. The predicted octanol–water partition coefficient (Wildman–Crippen LogP) is 2.44. The largest absolute Gasteiger partial charge is 0.823 e. The summed E-state index contributed by atoms with van der Waals surface area (Å²) in [6, 6.07) is 3.44. The van der Waals surface area contributed by atoms with Crippen molar-refractivity contribution in [3.05, 3.63) is 17.7 Å². The molecule has 0 radical (unpaired) electrons. The number of ether oxygens (including phenoxy) is 3. The zero-order chi connectivity index (χ0) is 14.5. The Hall–Kier alpha value is -1.25. The summed E-state index contributed by atoms with van der Waals surface area (Å²) in [6.07, 6.45) is 4.71. The lowest BCUT2D eigenvalue weighted by Crippen LogP contribution is -2.19. The van der Waals surface area contributed by atoms with Gasteiger partial charge in [0.15, 0.2) is 0 Å². The van der Waals surface area contributed by atoms with E-state index in [0.29, 0.717) is 28.5 Å². The molecular weight excluding hydrogens is 275 g/mol. The van der Waals surface area contributed by atoms with Crippen molar-refractivity contribution in [2.45, 2.75) is 31.3 Å². The molecule has 0 N–H and O–H groups in total. The molecule has 2 rings (SSSR count). The molecule has 1 saturated carbocycles. The van der Waals surface area contributed by atoms with Crippen molar-refractivity contribution < 1.29 is 19.3 Å². The van der Waals surface area contributed by atoms with E-state index in [4.69, 9.17) is 14.2 Å². The summed E-state index contributed by atoms with van der Waals surface area (Å²) in [5.74, 6) is 1.64. The molecule has 0 spiro atoms. The molecule has 0 amide bonds. The van der Waals surface area contributed by atoms with Crippen molar-refractivity contribution in [3.63, 3.8) is 0 Å². The first-order valence-electron chi connectivity index (χ1n) is 6.74. The lowest BCUT2D eigenvalue weighted by Gasteiger charge is -2.21. The highest BCUT2D eigenvalue weighted by Crippen LogP contribution is 2.37. The Morgan fingerprint density at radius 1 is 1.05 bits per heavy atom. The molecule has 4 nitrogen and oxygen atoms in total. The number of hydrogen-bond acceptors (Lipinski definition) is 4. The summed E-state index contributed by atoms with van der Waals surface area (Å²) < 4.78 is 15.9. The standard InChI is InChI=1S/C15H21O4P/c1-17-10-8-12(18-2)14(13(9-10)19-3)15(16)20-11-6-4-5-7-11/h8-9,11,16H,4-7H2,1-3H3/p-1. The Morgan fingerprint density at radius 2 is 1.60 bits per heavy atom. The minimum atomic E-state index is 0.0632. The lowest BCUT2D eigenvalue weighted by atomic mass is 10.1. The van der Waals surface area contributed by atoms with Gasteiger partial charge in [-0.05, 0) is 18.5 Å². The fourth-order valence-corrected chi connectivity index (χ4v) is 3.78. The molecular formula is C15H20O4P-. The van der Waals surface area contributed by atoms with Crippen LogP contribution in [0.3, 0.4) is 0 Å². The van der Waals surface area contributed by atoms with Crippen LogP contribution < -0.4 is 19.3 Å². The van der Waals surface area contributed by atoms with E-state index < -0.39 is 0 Å². The molecule has 0 unspecified atom stereocenters. The molecule has 1 fully saturated rings. The summed E-state index contributed by atoms with van der Waals surface area (Å²) >= 11 is 0. The molecule has 110 valence electrons. The lowest BCUT2D eigenvalue weighted by molar-refractivity contribution is -0.207. The normalized spacial score (nSPS) is 16.3. The van der Waals surface area contributed by atoms with Crippen LogP contribution in [-0.2, 0) is 0 Å². The van der Waals surface area contributed by atoms with Crippen LogP contribution in [0.1, 0.15) is 31.2 Å². The predicted molar refractivity (Wildman–Crippen MR) is 79.4 cm³/mol. The van der Waals surface area contributed by atoms with Crippen LogP contribution in [-0.4, -0.2) is 32.5 Å². The van der Waals surface area contributed by atoms with Gasteiger partial charge in [0.1, 0.15) is 17.2 Å². The van der Waals surface area contributed by atoms with E-state index in [2.05, 4.69) is 0 Å². The van der Waals surface area contributed by atoms with Gasteiger partial charge in [0, 0.05) is 17.7 Å². The second kappa shape index (κ2) is 6.96. The van der Waals surface area contributed by atoms with Crippen molar-refractivity contribution in [2.24, 2.45) is 0 Å². The molecule has 0 aliphatic heterocycles. The van der Waals surface area contributed by atoms with E-state index in [1.54, 1.807) is 33.5 Å². The first-order chi connectivity index (χ1) is 9.69. The van der Waals surface area contributed by atoms with Gasteiger partial charge in [0.25, 0.3) is 0 Å².